The number of aromatic nitrogens is 2. The normalized spacial score (nSPS) is 17.2. The van der Waals surface area contributed by atoms with Crippen LogP contribution in [0.15, 0.2) is 66.9 Å². The van der Waals surface area contributed by atoms with Crippen molar-refractivity contribution in [2.45, 2.75) is 53.2 Å². The molecular formula is C31H34N4OS. The highest BCUT2D eigenvalue weighted by molar-refractivity contribution is 7.80. The van der Waals surface area contributed by atoms with Gasteiger partial charge in [-0.15, -0.1) is 0 Å². The van der Waals surface area contributed by atoms with Gasteiger partial charge in [-0.05, 0) is 99.4 Å². The van der Waals surface area contributed by atoms with E-state index < -0.39 is 0 Å². The molecule has 6 heteroatoms. The van der Waals surface area contributed by atoms with Gasteiger partial charge < -0.3 is 19.5 Å². The van der Waals surface area contributed by atoms with Crippen LogP contribution in [0, 0.1) is 34.6 Å². The number of rotatable bonds is 6. The van der Waals surface area contributed by atoms with E-state index in [0.29, 0.717) is 6.54 Å². The molecule has 2 atom stereocenters. The summed E-state index contributed by atoms with van der Waals surface area (Å²) in [6, 6.07) is 21.1. The number of pyridine rings is 1. The Hall–Kier alpha value is -3.64. The van der Waals surface area contributed by atoms with Crippen LogP contribution >= 0.6 is 12.2 Å². The smallest absolute Gasteiger partial charge is 0.170 e. The Morgan fingerprint density at radius 2 is 1.65 bits per heavy atom. The van der Waals surface area contributed by atoms with Crippen molar-refractivity contribution in [1.82, 2.24) is 19.8 Å². The fourth-order valence-electron chi connectivity index (χ4n) is 5.80. The molecule has 0 radical (unpaired) electrons. The molecule has 1 aliphatic rings. The number of thiocarbonyl (C=S) groups is 1. The molecule has 1 fully saturated rings. The first-order chi connectivity index (χ1) is 17.8. The minimum atomic E-state index is -0.0545. The van der Waals surface area contributed by atoms with Crippen molar-refractivity contribution in [2.75, 3.05) is 7.11 Å². The molecule has 5 rings (SSSR count). The zero-order valence-electron chi connectivity index (χ0n) is 22.4. The van der Waals surface area contributed by atoms with Crippen LogP contribution in [0.3, 0.4) is 0 Å². The van der Waals surface area contributed by atoms with Gasteiger partial charge in [0.2, 0.25) is 0 Å². The summed E-state index contributed by atoms with van der Waals surface area (Å²) in [5, 5.41) is 4.34. The molecule has 4 aromatic rings. The molecule has 0 spiro atoms. The molecule has 0 aliphatic carbocycles. The molecule has 2 aromatic heterocycles. The van der Waals surface area contributed by atoms with Gasteiger partial charge in [0.05, 0.1) is 30.6 Å². The second kappa shape index (κ2) is 10.0. The lowest BCUT2D eigenvalue weighted by Crippen LogP contribution is -2.29. The summed E-state index contributed by atoms with van der Waals surface area (Å²) in [5.74, 6) is 0.848. The van der Waals surface area contributed by atoms with Crippen LogP contribution in [-0.4, -0.2) is 26.7 Å². The van der Waals surface area contributed by atoms with E-state index >= 15 is 0 Å². The van der Waals surface area contributed by atoms with Gasteiger partial charge in [0.15, 0.2) is 5.11 Å². The fourth-order valence-corrected chi connectivity index (χ4v) is 6.10. The van der Waals surface area contributed by atoms with E-state index in [9.17, 15) is 0 Å². The van der Waals surface area contributed by atoms with Crippen LogP contribution in [0.2, 0.25) is 0 Å². The first kappa shape index (κ1) is 25.0. The maximum atomic E-state index is 5.93. The van der Waals surface area contributed by atoms with Gasteiger partial charge in [-0.2, -0.15) is 0 Å². The standard InChI is InChI=1S/C31H34N4OS/c1-19-15-20(2)29(21(3)16-19)35-22(4)17-26(23(35)5)30-28(27-9-7-8-14-32-27)33-31(37)34(30)18-24-10-12-25(36-6)13-11-24/h7-17,28,30H,18H2,1-6H3,(H,33,37)/t28-,30-/m1/s1. The van der Waals surface area contributed by atoms with Crippen LogP contribution < -0.4 is 10.1 Å². The van der Waals surface area contributed by atoms with Crippen LogP contribution in [0.25, 0.3) is 5.69 Å². The van der Waals surface area contributed by atoms with Gasteiger partial charge >= 0.3 is 0 Å². The van der Waals surface area contributed by atoms with Gasteiger partial charge in [-0.3, -0.25) is 4.98 Å². The molecular weight excluding hydrogens is 476 g/mol. The molecule has 0 bridgehead atoms. The Bertz CT molecular complexity index is 1420. The van der Waals surface area contributed by atoms with Crippen LogP contribution in [0.1, 0.15) is 57.0 Å². The Morgan fingerprint density at radius 3 is 2.27 bits per heavy atom. The van der Waals surface area contributed by atoms with E-state index in [1.165, 1.54) is 44.9 Å². The van der Waals surface area contributed by atoms with Gasteiger partial charge in [0.1, 0.15) is 5.75 Å². The Balaban J connectivity index is 1.63. The molecule has 2 aromatic carbocycles. The van der Waals surface area contributed by atoms with E-state index in [1.54, 1.807) is 7.11 Å². The second-order valence-electron chi connectivity index (χ2n) is 10.0. The molecule has 3 heterocycles. The van der Waals surface area contributed by atoms with Gasteiger partial charge in [0.25, 0.3) is 0 Å². The van der Waals surface area contributed by atoms with E-state index in [4.69, 9.17) is 21.9 Å². The summed E-state index contributed by atoms with van der Waals surface area (Å²) < 4.78 is 7.77. The molecule has 37 heavy (non-hydrogen) atoms. The minimum absolute atomic E-state index is 0.00416. The van der Waals surface area contributed by atoms with E-state index in [2.05, 4.69) is 85.8 Å². The molecule has 0 amide bonds. The SMILES string of the molecule is COc1ccc(CN2C(=S)N[C@H](c3ccccn3)[C@H]2c2cc(C)n(-c3c(C)cc(C)cc3C)c2C)cc1. The minimum Gasteiger partial charge on any atom is -0.497 e. The number of nitrogens with one attached hydrogen (secondary N) is 1. The topological polar surface area (TPSA) is 42.3 Å². The van der Waals surface area contributed by atoms with E-state index in [-0.39, 0.29) is 12.1 Å². The van der Waals surface area contributed by atoms with Crippen molar-refractivity contribution < 1.29 is 4.74 Å². The van der Waals surface area contributed by atoms with Crippen LogP contribution in [0.4, 0.5) is 0 Å². The van der Waals surface area contributed by atoms with E-state index in [0.717, 1.165) is 16.6 Å². The second-order valence-corrected chi connectivity index (χ2v) is 10.4. The highest BCUT2D eigenvalue weighted by atomic mass is 32.1. The van der Waals surface area contributed by atoms with Crippen molar-refractivity contribution in [3.63, 3.8) is 0 Å². The zero-order valence-corrected chi connectivity index (χ0v) is 23.2. The highest BCUT2D eigenvalue weighted by Crippen LogP contribution is 2.42. The lowest BCUT2D eigenvalue weighted by atomic mass is 9.96. The monoisotopic (exact) mass is 510 g/mol. The quantitative estimate of drug-likeness (QED) is 0.296. The van der Waals surface area contributed by atoms with Gasteiger partial charge in [0, 0.05) is 24.1 Å². The summed E-state index contributed by atoms with van der Waals surface area (Å²) in [4.78, 5) is 7.02. The molecule has 5 nitrogen and oxygen atoms in total. The molecule has 1 N–H and O–H groups in total. The van der Waals surface area contributed by atoms with Crippen LogP contribution in [-0.2, 0) is 6.54 Å². The third-order valence-electron chi connectivity index (χ3n) is 7.36. The first-order valence-corrected chi connectivity index (χ1v) is 13.1. The summed E-state index contributed by atoms with van der Waals surface area (Å²) in [5.41, 5.74) is 11.0. The van der Waals surface area contributed by atoms with Gasteiger partial charge in [-0.25, -0.2) is 0 Å². The number of aryl methyl sites for hydroxylation is 4. The summed E-state index contributed by atoms with van der Waals surface area (Å²) >= 11 is 5.93. The lowest BCUT2D eigenvalue weighted by molar-refractivity contribution is 0.310. The van der Waals surface area contributed by atoms with Crippen molar-refractivity contribution >= 4 is 17.3 Å². The van der Waals surface area contributed by atoms with E-state index in [1.807, 2.05) is 30.5 Å². The molecule has 190 valence electrons. The number of nitrogens with zero attached hydrogens (tertiary/aromatic N) is 3. The summed E-state index contributed by atoms with van der Waals surface area (Å²) in [6.07, 6.45) is 1.85. The van der Waals surface area contributed by atoms with Crippen molar-refractivity contribution in [2.24, 2.45) is 0 Å². The first-order valence-electron chi connectivity index (χ1n) is 12.7. The van der Waals surface area contributed by atoms with Crippen molar-refractivity contribution in [3.8, 4) is 11.4 Å². The zero-order chi connectivity index (χ0) is 26.3. The van der Waals surface area contributed by atoms with Crippen molar-refractivity contribution in [3.05, 3.63) is 112 Å². The maximum absolute atomic E-state index is 5.93. The largest absolute Gasteiger partial charge is 0.497 e. The number of benzene rings is 2. The fraction of sp³-hybridized carbons (Fsp3) is 0.290. The average molecular weight is 511 g/mol. The molecule has 1 aliphatic heterocycles. The lowest BCUT2D eigenvalue weighted by Gasteiger charge is -2.28. The molecule has 0 saturated carbocycles. The number of hydrogen-bond donors (Lipinski definition) is 1. The van der Waals surface area contributed by atoms with Crippen LogP contribution in [0.5, 0.6) is 5.75 Å². The highest BCUT2D eigenvalue weighted by Gasteiger charge is 2.41. The molecule has 0 unspecified atom stereocenters. The number of methoxy groups -OCH3 is 1. The summed E-state index contributed by atoms with van der Waals surface area (Å²) in [7, 11) is 1.69. The molecule has 1 saturated heterocycles. The third kappa shape index (κ3) is 4.62. The third-order valence-corrected chi connectivity index (χ3v) is 7.71. The predicted molar refractivity (Wildman–Crippen MR) is 153 cm³/mol. The Morgan fingerprint density at radius 1 is 0.946 bits per heavy atom. The van der Waals surface area contributed by atoms with Crippen molar-refractivity contribution in [1.29, 1.82) is 0 Å². The summed E-state index contributed by atoms with van der Waals surface area (Å²) in [6.45, 7) is 11.7. The maximum Gasteiger partial charge on any atom is 0.170 e. The average Bonchev–Trinajstić information content (AvgIpc) is 3.35. The van der Waals surface area contributed by atoms with Gasteiger partial charge in [-0.1, -0.05) is 35.9 Å². The Labute approximate surface area is 225 Å². The predicted octanol–water partition coefficient (Wildman–Crippen LogP) is 6.60. The Kier molecular flexibility index (Phi) is 6.78. The number of hydrogen-bond acceptors (Lipinski definition) is 3. The number of ether oxygens (including phenoxy) is 1.